The molecule has 1 saturated carbocycles. The van der Waals surface area contributed by atoms with Crippen molar-refractivity contribution in [2.24, 2.45) is 11.3 Å². The molecule has 0 atom stereocenters. The second kappa shape index (κ2) is 3.09. The highest BCUT2D eigenvalue weighted by Crippen LogP contribution is 2.55. The molecule has 13 heavy (non-hydrogen) atoms. The Morgan fingerprint density at radius 3 is 2.23 bits per heavy atom. The van der Waals surface area contributed by atoms with Gasteiger partial charge in [0.25, 0.3) is 0 Å². The third kappa shape index (κ3) is 1.52. The molecule has 2 nitrogen and oxygen atoms in total. The van der Waals surface area contributed by atoms with E-state index in [9.17, 15) is 4.79 Å². The molecule has 1 aliphatic heterocycles. The summed E-state index contributed by atoms with van der Waals surface area (Å²) in [6.45, 7) is 4.14. The van der Waals surface area contributed by atoms with Crippen LogP contribution >= 0.6 is 0 Å². The Kier molecular flexibility index (Phi) is 2.18. The average Bonchev–Trinajstić information content (AvgIpc) is 2.86. The van der Waals surface area contributed by atoms with E-state index in [0.29, 0.717) is 11.7 Å². The van der Waals surface area contributed by atoms with Crippen LogP contribution in [-0.4, -0.2) is 30.8 Å². The van der Waals surface area contributed by atoms with Gasteiger partial charge < -0.3 is 4.90 Å². The molecule has 74 valence electrons. The maximum absolute atomic E-state index is 11.5. The molecule has 0 amide bonds. The van der Waals surface area contributed by atoms with Crippen LogP contribution in [0, 0.1) is 11.3 Å². The largest absolute Gasteiger partial charge is 0.306 e. The number of Topliss-reactive ketones (excluding diaryl/α,β-unsaturated/α-hetero) is 1. The predicted molar refractivity (Wildman–Crippen MR) is 52.6 cm³/mol. The fourth-order valence-electron chi connectivity index (χ4n) is 2.74. The Labute approximate surface area is 80.3 Å². The van der Waals surface area contributed by atoms with Crippen LogP contribution in [0.5, 0.6) is 0 Å². The molecule has 0 N–H and O–H groups in total. The number of hydrogen-bond acceptors (Lipinski definition) is 2. The van der Waals surface area contributed by atoms with Crippen LogP contribution in [0.3, 0.4) is 0 Å². The summed E-state index contributed by atoms with van der Waals surface area (Å²) in [4.78, 5) is 13.9. The van der Waals surface area contributed by atoms with Crippen molar-refractivity contribution >= 4 is 5.78 Å². The van der Waals surface area contributed by atoms with Crippen molar-refractivity contribution < 1.29 is 4.79 Å². The molecule has 1 aliphatic carbocycles. The van der Waals surface area contributed by atoms with Gasteiger partial charge in [0.15, 0.2) is 0 Å². The van der Waals surface area contributed by atoms with Crippen molar-refractivity contribution in [3.8, 4) is 0 Å². The number of piperidine rings is 1. The highest BCUT2D eigenvalue weighted by molar-refractivity contribution is 5.85. The lowest BCUT2D eigenvalue weighted by atomic mass is 9.79. The first-order valence-electron chi connectivity index (χ1n) is 5.35. The van der Waals surface area contributed by atoms with Crippen LogP contribution in [-0.2, 0) is 4.79 Å². The van der Waals surface area contributed by atoms with Gasteiger partial charge in [-0.3, -0.25) is 4.79 Å². The van der Waals surface area contributed by atoms with Crippen molar-refractivity contribution in [2.75, 3.05) is 20.1 Å². The van der Waals surface area contributed by atoms with Gasteiger partial charge in [0, 0.05) is 5.41 Å². The van der Waals surface area contributed by atoms with Gasteiger partial charge in [-0.25, -0.2) is 0 Å². The zero-order valence-corrected chi connectivity index (χ0v) is 8.68. The smallest absolute Gasteiger partial charge is 0.136 e. The summed E-state index contributed by atoms with van der Waals surface area (Å²) in [5, 5.41) is 0. The number of rotatable bonds is 2. The first-order valence-corrected chi connectivity index (χ1v) is 5.35. The Morgan fingerprint density at radius 2 is 1.85 bits per heavy atom. The number of hydrogen-bond donors (Lipinski definition) is 0. The van der Waals surface area contributed by atoms with Crippen molar-refractivity contribution in [3.63, 3.8) is 0 Å². The molecule has 0 aromatic carbocycles. The van der Waals surface area contributed by atoms with E-state index in [1.54, 1.807) is 6.92 Å². The molecule has 0 bridgehead atoms. The van der Waals surface area contributed by atoms with Crippen molar-refractivity contribution in [1.82, 2.24) is 4.90 Å². The van der Waals surface area contributed by atoms with Gasteiger partial charge in [-0.2, -0.15) is 0 Å². The predicted octanol–water partition coefficient (Wildman–Crippen LogP) is 1.70. The van der Waals surface area contributed by atoms with Gasteiger partial charge >= 0.3 is 0 Å². The van der Waals surface area contributed by atoms with Crippen LogP contribution in [0.2, 0.25) is 0 Å². The van der Waals surface area contributed by atoms with Gasteiger partial charge in [-0.1, -0.05) is 0 Å². The molecule has 0 radical (unpaired) electrons. The molecule has 2 rings (SSSR count). The van der Waals surface area contributed by atoms with E-state index in [2.05, 4.69) is 11.9 Å². The molecular formula is C11H19NO. The lowest BCUT2D eigenvalue weighted by Crippen LogP contribution is -2.36. The second-order valence-corrected chi connectivity index (χ2v) is 4.79. The summed E-state index contributed by atoms with van der Waals surface area (Å²) in [5.41, 5.74) is 0.140. The van der Waals surface area contributed by atoms with E-state index in [1.165, 1.54) is 25.9 Å². The molecule has 2 aliphatic rings. The summed E-state index contributed by atoms with van der Waals surface area (Å²) < 4.78 is 0. The first kappa shape index (κ1) is 9.20. The van der Waals surface area contributed by atoms with Gasteiger partial charge in [0.05, 0.1) is 0 Å². The molecule has 2 heteroatoms. The van der Waals surface area contributed by atoms with E-state index >= 15 is 0 Å². The SMILES string of the molecule is CC(=O)C1(C2CCN(C)CC2)CC1. The average molecular weight is 181 g/mol. The van der Waals surface area contributed by atoms with Gasteiger partial charge in [0.1, 0.15) is 5.78 Å². The zero-order valence-electron chi connectivity index (χ0n) is 8.68. The van der Waals surface area contributed by atoms with E-state index < -0.39 is 0 Å². The third-order valence-electron chi connectivity index (χ3n) is 3.99. The van der Waals surface area contributed by atoms with Gasteiger partial charge in [0.2, 0.25) is 0 Å². The number of carbonyl (C=O) groups is 1. The van der Waals surface area contributed by atoms with Crippen molar-refractivity contribution in [2.45, 2.75) is 32.6 Å². The molecule has 0 spiro atoms. The van der Waals surface area contributed by atoms with E-state index in [1.807, 2.05) is 0 Å². The highest BCUT2D eigenvalue weighted by Gasteiger charge is 2.53. The Balaban J connectivity index is 1.98. The lowest BCUT2D eigenvalue weighted by Gasteiger charge is -2.33. The Hall–Kier alpha value is -0.370. The van der Waals surface area contributed by atoms with Crippen LogP contribution in [0.25, 0.3) is 0 Å². The van der Waals surface area contributed by atoms with Crippen LogP contribution in [0.4, 0.5) is 0 Å². The summed E-state index contributed by atoms with van der Waals surface area (Å²) in [6, 6.07) is 0. The minimum atomic E-state index is 0.140. The summed E-state index contributed by atoms with van der Waals surface area (Å²) in [6.07, 6.45) is 4.79. The molecule has 0 aromatic heterocycles. The quantitative estimate of drug-likeness (QED) is 0.646. The lowest BCUT2D eigenvalue weighted by molar-refractivity contribution is -0.124. The van der Waals surface area contributed by atoms with Crippen LogP contribution < -0.4 is 0 Å². The van der Waals surface area contributed by atoms with E-state index in [-0.39, 0.29) is 5.41 Å². The molecule has 0 aromatic rings. The van der Waals surface area contributed by atoms with Crippen molar-refractivity contribution in [3.05, 3.63) is 0 Å². The van der Waals surface area contributed by atoms with Crippen LogP contribution in [0.1, 0.15) is 32.6 Å². The normalized spacial score (nSPS) is 28.8. The monoisotopic (exact) mass is 181 g/mol. The number of nitrogens with zero attached hydrogens (tertiary/aromatic N) is 1. The number of carbonyl (C=O) groups excluding carboxylic acids is 1. The Morgan fingerprint density at radius 1 is 1.31 bits per heavy atom. The fraction of sp³-hybridized carbons (Fsp3) is 0.909. The molecule has 1 heterocycles. The molecule has 0 unspecified atom stereocenters. The minimum absolute atomic E-state index is 0.140. The minimum Gasteiger partial charge on any atom is -0.306 e. The molecular weight excluding hydrogens is 162 g/mol. The summed E-state index contributed by atoms with van der Waals surface area (Å²) >= 11 is 0. The van der Waals surface area contributed by atoms with Gasteiger partial charge in [-0.15, -0.1) is 0 Å². The van der Waals surface area contributed by atoms with Crippen LogP contribution in [0.15, 0.2) is 0 Å². The maximum Gasteiger partial charge on any atom is 0.136 e. The Bertz CT molecular complexity index is 212. The number of ketones is 1. The molecule has 2 fully saturated rings. The zero-order chi connectivity index (χ0) is 9.47. The maximum atomic E-state index is 11.5. The van der Waals surface area contributed by atoms with E-state index in [4.69, 9.17) is 0 Å². The molecule has 1 saturated heterocycles. The third-order valence-corrected chi connectivity index (χ3v) is 3.99. The standard InChI is InChI=1S/C11H19NO/c1-9(13)11(5-6-11)10-3-7-12(2)8-4-10/h10H,3-8H2,1-2H3. The highest BCUT2D eigenvalue weighted by atomic mass is 16.1. The van der Waals surface area contributed by atoms with Gasteiger partial charge in [-0.05, 0) is 58.7 Å². The number of likely N-dealkylation sites (tertiary alicyclic amines) is 1. The van der Waals surface area contributed by atoms with Crippen molar-refractivity contribution in [1.29, 1.82) is 0 Å². The second-order valence-electron chi connectivity index (χ2n) is 4.79. The topological polar surface area (TPSA) is 20.3 Å². The van der Waals surface area contributed by atoms with E-state index in [0.717, 1.165) is 12.8 Å². The fourth-order valence-corrected chi connectivity index (χ4v) is 2.74. The first-order chi connectivity index (χ1) is 6.15. The summed E-state index contributed by atoms with van der Waals surface area (Å²) in [5.74, 6) is 1.14. The summed E-state index contributed by atoms with van der Waals surface area (Å²) in [7, 11) is 2.17.